The first-order chi connectivity index (χ1) is 6.97. The summed E-state index contributed by atoms with van der Waals surface area (Å²) in [5.74, 6) is -1.08. The molecule has 3 heteroatoms. The van der Waals surface area contributed by atoms with Gasteiger partial charge in [0.15, 0.2) is 0 Å². The third-order valence-corrected chi connectivity index (χ3v) is 2.67. The van der Waals surface area contributed by atoms with Crippen molar-refractivity contribution >= 4 is 5.97 Å². The van der Waals surface area contributed by atoms with Crippen molar-refractivity contribution < 1.29 is 15.0 Å². The zero-order valence-electron chi connectivity index (χ0n) is 9.24. The number of benzene rings is 1. The van der Waals surface area contributed by atoms with Crippen LogP contribution >= 0.6 is 0 Å². The van der Waals surface area contributed by atoms with Gasteiger partial charge in [-0.2, -0.15) is 0 Å². The molecule has 3 nitrogen and oxygen atoms in total. The van der Waals surface area contributed by atoms with E-state index in [4.69, 9.17) is 5.11 Å². The zero-order valence-corrected chi connectivity index (χ0v) is 9.24. The largest absolute Gasteiger partial charge is 0.508 e. The highest BCUT2D eigenvalue weighted by Gasteiger charge is 2.20. The predicted octanol–water partition coefficient (Wildman–Crippen LogP) is 2.59. The Morgan fingerprint density at radius 1 is 1.33 bits per heavy atom. The summed E-state index contributed by atoms with van der Waals surface area (Å²) in [6.45, 7) is 5.44. The smallest absolute Gasteiger partial charge is 0.310 e. The van der Waals surface area contributed by atoms with Crippen LogP contribution in [0.15, 0.2) is 12.1 Å². The molecule has 0 heterocycles. The van der Waals surface area contributed by atoms with E-state index in [1.165, 1.54) is 0 Å². The van der Waals surface area contributed by atoms with Crippen molar-refractivity contribution in [2.45, 2.75) is 33.1 Å². The Hall–Kier alpha value is -1.51. The molecule has 0 amide bonds. The highest BCUT2D eigenvalue weighted by Crippen LogP contribution is 2.28. The minimum atomic E-state index is -0.814. The van der Waals surface area contributed by atoms with Gasteiger partial charge in [-0.25, -0.2) is 0 Å². The molecule has 1 aromatic carbocycles. The maximum atomic E-state index is 11.0. The number of aliphatic carboxylic acids is 1. The van der Waals surface area contributed by atoms with E-state index in [-0.39, 0.29) is 5.75 Å². The molecule has 15 heavy (non-hydrogen) atoms. The van der Waals surface area contributed by atoms with Crippen molar-refractivity contribution in [2.75, 3.05) is 0 Å². The fourth-order valence-electron chi connectivity index (χ4n) is 1.73. The second-order valence-electron chi connectivity index (χ2n) is 3.79. The van der Waals surface area contributed by atoms with Crippen LogP contribution < -0.4 is 0 Å². The highest BCUT2D eigenvalue weighted by atomic mass is 16.4. The van der Waals surface area contributed by atoms with E-state index in [1.54, 1.807) is 19.1 Å². The number of carboxylic acids is 1. The summed E-state index contributed by atoms with van der Waals surface area (Å²) >= 11 is 0. The van der Waals surface area contributed by atoms with E-state index < -0.39 is 11.9 Å². The first-order valence-corrected chi connectivity index (χ1v) is 5.00. The van der Waals surface area contributed by atoms with Gasteiger partial charge in [-0.05, 0) is 43.0 Å². The monoisotopic (exact) mass is 208 g/mol. The first-order valence-electron chi connectivity index (χ1n) is 5.00. The number of rotatable bonds is 3. The Kier molecular flexibility index (Phi) is 3.35. The number of carbonyl (C=O) groups is 1. The molecular formula is C12H16O3. The van der Waals surface area contributed by atoms with Crippen LogP contribution in [0, 0.1) is 13.8 Å². The van der Waals surface area contributed by atoms with Gasteiger partial charge in [-0.3, -0.25) is 4.79 Å². The molecule has 0 aliphatic heterocycles. The van der Waals surface area contributed by atoms with Crippen LogP contribution in [0.5, 0.6) is 5.75 Å². The second-order valence-corrected chi connectivity index (χ2v) is 3.79. The molecule has 0 aliphatic carbocycles. The first kappa shape index (κ1) is 11.6. The van der Waals surface area contributed by atoms with Crippen LogP contribution in [0.1, 0.15) is 36.0 Å². The number of aromatic hydroxyl groups is 1. The normalized spacial score (nSPS) is 12.5. The molecule has 1 unspecified atom stereocenters. The fourth-order valence-corrected chi connectivity index (χ4v) is 1.73. The lowest BCUT2D eigenvalue weighted by atomic mass is 9.91. The molecule has 2 N–H and O–H groups in total. The van der Waals surface area contributed by atoms with Crippen molar-refractivity contribution in [2.24, 2.45) is 0 Å². The van der Waals surface area contributed by atoms with E-state index >= 15 is 0 Å². The Morgan fingerprint density at radius 3 is 2.40 bits per heavy atom. The number of phenols is 1. The molecular weight excluding hydrogens is 192 g/mol. The van der Waals surface area contributed by atoms with Gasteiger partial charge in [0.05, 0.1) is 5.92 Å². The van der Waals surface area contributed by atoms with Gasteiger partial charge in [-0.15, -0.1) is 0 Å². The van der Waals surface area contributed by atoms with Gasteiger partial charge < -0.3 is 10.2 Å². The van der Waals surface area contributed by atoms with Crippen LogP contribution in [-0.4, -0.2) is 16.2 Å². The van der Waals surface area contributed by atoms with Gasteiger partial charge in [0.25, 0.3) is 0 Å². The van der Waals surface area contributed by atoms with E-state index in [1.807, 2.05) is 13.8 Å². The molecule has 0 fully saturated rings. The summed E-state index contributed by atoms with van der Waals surface area (Å²) < 4.78 is 0. The summed E-state index contributed by atoms with van der Waals surface area (Å²) in [5.41, 5.74) is 2.34. The van der Waals surface area contributed by atoms with Gasteiger partial charge >= 0.3 is 5.97 Å². The lowest BCUT2D eigenvalue weighted by Gasteiger charge is -2.14. The summed E-state index contributed by atoms with van der Waals surface area (Å²) in [4.78, 5) is 11.0. The van der Waals surface area contributed by atoms with E-state index in [2.05, 4.69) is 0 Å². The number of hydrogen-bond donors (Lipinski definition) is 2. The van der Waals surface area contributed by atoms with Crippen molar-refractivity contribution in [3.63, 3.8) is 0 Å². The van der Waals surface area contributed by atoms with Gasteiger partial charge in [0.2, 0.25) is 0 Å². The van der Waals surface area contributed by atoms with Crippen LogP contribution in [0.3, 0.4) is 0 Å². The van der Waals surface area contributed by atoms with Gasteiger partial charge in [0, 0.05) is 0 Å². The van der Waals surface area contributed by atoms with E-state index in [0.717, 1.165) is 16.7 Å². The van der Waals surface area contributed by atoms with Crippen molar-refractivity contribution in [3.05, 3.63) is 28.8 Å². The Balaban J connectivity index is 3.24. The highest BCUT2D eigenvalue weighted by molar-refractivity contribution is 5.76. The lowest BCUT2D eigenvalue weighted by Crippen LogP contribution is -2.12. The predicted molar refractivity (Wildman–Crippen MR) is 58.2 cm³/mol. The van der Waals surface area contributed by atoms with E-state index in [9.17, 15) is 9.90 Å². The number of phenolic OH excluding ortho intramolecular Hbond substituents is 1. The molecule has 0 saturated heterocycles. The molecule has 1 rings (SSSR count). The molecule has 0 aliphatic rings. The third kappa shape index (κ3) is 2.29. The minimum Gasteiger partial charge on any atom is -0.508 e. The standard InChI is InChI=1S/C12H16O3/c1-4-9(12(14)15)10-5-8(3)11(13)6-7(10)2/h5-6,9,13H,4H2,1-3H3,(H,14,15). The van der Waals surface area contributed by atoms with Crippen molar-refractivity contribution in [1.29, 1.82) is 0 Å². The molecule has 0 radical (unpaired) electrons. The maximum absolute atomic E-state index is 11.0. The Bertz CT molecular complexity index is 383. The van der Waals surface area contributed by atoms with Gasteiger partial charge in [0.1, 0.15) is 5.75 Å². The molecule has 0 aromatic heterocycles. The van der Waals surface area contributed by atoms with Crippen LogP contribution in [-0.2, 0) is 4.79 Å². The summed E-state index contributed by atoms with van der Waals surface area (Å²) in [5, 5.41) is 18.5. The summed E-state index contributed by atoms with van der Waals surface area (Å²) in [7, 11) is 0. The number of carboxylic acid groups (broad SMARTS) is 1. The number of aryl methyl sites for hydroxylation is 2. The maximum Gasteiger partial charge on any atom is 0.310 e. The van der Waals surface area contributed by atoms with Gasteiger partial charge in [-0.1, -0.05) is 13.0 Å². The molecule has 0 spiro atoms. The topological polar surface area (TPSA) is 57.5 Å². The van der Waals surface area contributed by atoms with E-state index in [0.29, 0.717) is 6.42 Å². The summed E-state index contributed by atoms with van der Waals surface area (Å²) in [6.07, 6.45) is 0.556. The average molecular weight is 208 g/mol. The minimum absolute atomic E-state index is 0.219. The van der Waals surface area contributed by atoms with Crippen LogP contribution in [0.2, 0.25) is 0 Å². The zero-order chi connectivity index (χ0) is 11.6. The fraction of sp³-hybridized carbons (Fsp3) is 0.417. The van der Waals surface area contributed by atoms with Crippen molar-refractivity contribution in [1.82, 2.24) is 0 Å². The Morgan fingerprint density at radius 2 is 1.93 bits per heavy atom. The van der Waals surface area contributed by atoms with Crippen LogP contribution in [0.4, 0.5) is 0 Å². The lowest BCUT2D eigenvalue weighted by molar-refractivity contribution is -0.138. The molecule has 1 aromatic rings. The van der Waals surface area contributed by atoms with Crippen molar-refractivity contribution in [3.8, 4) is 5.75 Å². The molecule has 82 valence electrons. The molecule has 0 saturated carbocycles. The SMILES string of the molecule is CCC(C(=O)O)c1cc(C)c(O)cc1C. The number of hydrogen-bond acceptors (Lipinski definition) is 2. The average Bonchev–Trinajstić information content (AvgIpc) is 2.14. The Labute approximate surface area is 89.4 Å². The quantitative estimate of drug-likeness (QED) is 0.802. The third-order valence-electron chi connectivity index (χ3n) is 2.67. The second kappa shape index (κ2) is 4.34. The van der Waals surface area contributed by atoms with Crippen LogP contribution in [0.25, 0.3) is 0 Å². The summed E-state index contributed by atoms with van der Waals surface area (Å²) in [6, 6.07) is 3.38. The molecule has 1 atom stereocenters. The molecule has 0 bridgehead atoms.